The number of carbonyl (C=O) groups excluding carboxylic acids is 1. The van der Waals surface area contributed by atoms with Gasteiger partial charge in [-0.1, -0.05) is 30.3 Å². The predicted molar refractivity (Wildman–Crippen MR) is 94.4 cm³/mol. The molecule has 3 aromatic rings. The van der Waals surface area contributed by atoms with Gasteiger partial charge in [0.1, 0.15) is 11.6 Å². The highest BCUT2D eigenvalue weighted by Gasteiger charge is 2.13. The molecular formula is C19H15F2NOS. The van der Waals surface area contributed by atoms with Gasteiger partial charge in [0.25, 0.3) is 0 Å². The minimum Gasteiger partial charge on any atom is -0.315 e. The number of carbonyl (C=O) groups is 1. The summed E-state index contributed by atoms with van der Waals surface area (Å²) in [6, 6.07) is 17.0. The summed E-state index contributed by atoms with van der Waals surface area (Å²) in [4.78, 5) is 14.1. The van der Waals surface area contributed by atoms with Crippen LogP contribution in [0, 0.1) is 11.6 Å². The zero-order valence-electron chi connectivity index (χ0n) is 13.0. The number of hydrogen-bond donors (Lipinski definition) is 0. The van der Waals surface area contributed by atoms with Gasteiger partial charge in [0, 0.05) is 23.7 Å². The van der Waals surface area contributed by atoms with Crippen LogP contribution >= 0.6 is 11.8 Å². The second-order valence-electron chi connectivity index (χ2n) is 5.35. The number of anilines is 1. The van der Waals surface area contributed by atoms with Gasteiger partial charge in [-0.15, -0.1) is 11.8 Å². The molecule has 0 fully saturated rings. The van der Waals surface area contributed by atoms with Crippen LogP contribution in [0.2, 0.25) is 0 Å². The first kappa shape index (κ1) is 16.5. The summed E-state index contributed by atoms with van der Waals surface area (Å²) in [5.74, 6) is -1.36. The Bertz CT molecular complexity index is 897. The van der Waals surface area contributed by atoms with Gasteiger partial charge in [-0.05, 0) is 35.0 Å². The molecule has 1 amide bonds. The SMILES string of the molecule is CN(C(=O)CSc1ccc(F)cc1F)c1ccc2ccccc2c1. The van der Waals surface area contributed by atoms with Crippen LogP contribution in [0.3, 0.4) is 0 Å². The molecule has 0 spiro atoms. The van der Waals surface area contributed by atoms with Crippen LogP contribution in [-0.2, 0) is 4.79 Å². The maximum atomic E-state index is 13.6. The molecule has 122 valence electrons. The number of amides is 1. The summed E-state index contributed by atoms with van der Waals surface area (Å²) in [6.07, 6.45) is 0. The molecule has 0 bridgehead atoms. The second kappa shape index (κ2) is 7.01. The van der Waals surface area contributed by atoms with Gasteiger partial charge in [-0.3, -0.25) is 4.79 Å². The fourth-order valence-electron chi connectivity index (χ4n) is 2.36. The molecule has 0 radical (unpaired) electrons. The molecule has 0 saturated carbocycles. The zero-order chi connectivity index (χ0) is 17.1. The third kappa shape index (κ3) is 3.57. The maximum Gasteiger partial charge on any atom is 0.237 e. The van der Waals surface area contributed by atoms with Crippen LogP contribution in [0.5, 0.6) is 0 Å². The highest BCUT2D eigenvalue weighted by Crippen LogP contribution is 2.25. The van der Waals surface area contributed by atoms with Crippen LogP contribution in [-0.4, -0.2) is 18.7 Å². The number of fused-ring (bicyclic) bond motifs is 1. The zero-order valence-corrected chi connectivity index (χ0v) is 13.8. The van der Waals surface area contributed by atoms with E-state index in [2.05, 4.69) is 0 Å². The maximum absolute atomic E-state index is 13.6. The van der Waals surface area contributed by atoms with E-state index in [1.807, 2.05) is 42.5 Å². The van der Waals surface area contributed by atoms with Crippen molar-refractivity contribution < 1.29 is 13.6 Å². The van der Waals surface area contributed by atoms with Crippen molar-refractivity contribution in [3.8, 4) is 0 Å². The Hall–Kier alpha value is -2.40. The van der Waals surface area contributed by atoms with E-state index in [-0.39, 0.29) is 16.6 Å². The van der Waals surface area contributed by atoms with E-state index in [9.17, 15) is 13.6 Å². The van der Waals surface area contributed by atoms with Crippen molar-refractivity contribution in [1.82, 2.24) is 0 Å². The van der Waals surface area contributed by atoms with E-state index >= 15 is 0 Å². The lowest BCUT2D eigenvalue weighted by Crippen LogP contribution is -2.27. The fraction of sp³-hybridized carbons (Fsp3) is 0.105. The molecule has 0 aliphatic carbocycles. The molecule has 5 heteroatoms. The molecule has 0 heterocycles. The Morgan fingerprint density at radius 3 is 2.50 bits per heavy atom. The van der Waals surface area contributed by atoms with E-state index in [1.165, 1.54) is 12.1 Å². The number of rotatable bonds is 4. The van der Waals surface area contributed by atoms with Crippen molar-refractivity contribution >= 4 is 34.1 Å². The fourth-order valence-corrected chi connectivity index (χ4v) is 3.19. The summed E-state index contributed by atoms with van der Waals surface area (Å²) in [7, 11) is 1.69. The van der Waals surface area contributed by atoms with Crippen molar-refractivity contribution in [2.75, 3.05) is 17.7 Å². The molecule has 2 nitrogen and oxygen atoms in total. The molecule has 0 aromatic heterocycles. The number of benzene rings is 3. The lowest BCUT2D eigenvalue weighted by atomic mass is 10.1. The second-order valence-corrected chi connectivity index (χ2v) is 6.36. The van der Waals surface area contributed by atoms with Gasteiger partial charge in [-0.2, -0.15) is 0 Å². The molecule has 3 rings (SSSR count). The number of thioether (sulfide) groups is 1. The molecule has 0 saturated heterocycles. The van der Waals surface area contributed by atoms with Crippen LogP contribution in [0.25, 0.3) is 10.8 Å². The largest absolute Gasteiger partial charge is 0.315 e. The summed E-state index contributed by atoms with van der Waals surface area (Å²) in [5.41, 5.74) is 0.777. The van der Waals surface area contributed by atoms with Crippen molar-refractivity contribution in [2.45, 2.75) is 4.90 Å². The molecule has 0 aliphatic heterocycles. The lowest BCUT2D eigenvalue weighted by molar-refractivity contribution is -0.115. The molecule has 3 aromatic carbocycles. The molecular weight excluding hydrogens is 328 g/mol. The van der Waals surface area contributed by atoms with Crippen LogP contribution in [0.4, 0.5) is 14.5 Å². The van der Waals surface area contributed by atoms with Gasteiger partial charge in [0.2, 0.25) is 5.91 Å². The minimum absolute atomic E-state index is 0.0753. The average Bonchev–Trinajstić information content (AvgIpc) is 2.59. The van der Waals surface area contributed by atoms with E-state index in [0.717, 1.165) is 34.3 Å². The summed E-state index contributed by atoms with van der Waals surface area (Å²) in [6.45, 7) is 0. The number of hydrogen-bond acceptors (Lipinski definition) is 2. The summed E-state index contributed by atoms with van der Waals surface area (Å²) >= 11 is 1.06. The molecule has 24 heavy (non-hydrogen) atoms. The molecule has 0 atom stereocenters. The number of nitrogens with zero attached hydrogens (tertiary/aromatic N) is 1. The van der Waals surface area contributed by atoms with Crippen molar-refractivity contribution in [3.63, 3.8) is 0 Å². The topological polar surface area (TPSA) is 20.3 Å². The third-order valence-electron chi connectivity index (χ3n) is 3.74. The molecule has 0 unspecified atom stereocenters. The van der Waals surface area contributed by atoms with Crippen LogP contribution < -0.4 is 4.90 Å². The van der Waals surface area contributed by atoms with Crippen LogP contribution in [0.1, 0.15) is 0 Å². The quantitative estimate of drug-likeness (QED) is 0.630. The normalized spacial score (nSPS) is 10.8. The number of halogens is 2. The Labute approximate surface area is 143 Å². The Kier molecular flexibility index (Phi) is 4.81. The first-order chi connectivity index (χ1) is 11.5. The van der Waals surface area contributed by atoms with Gasteiger partial charge in [0.05, 0.1) is 5.75 Å². The standard InChI is InChI=1S/C19H15F2NOS/c1-22(16-8-6-13-4-2-3-5-14(13)10-16)19(23)12-24-18-9-7-15(20)11-17(18)21/h2-11H,12H2,1H3. The van der Waals surface area contributed by atoms with Crippen molar-refractivity contribution in [3.05, 3.63) is 72.3 Å². The smallest absolute Gasteiger partial charge is 0.237 e. The first-order valence-corrected chi connectivity index (χ1v) is 8.36. The molecule has 0 N–H and O–H groups in total. The van der Waals surface area contributed by atoms with E-state index in [4.69, 9.17) is 0 Å². The average molecular weight is 343 g/mol. The summed E-state index contributed by atoms with van der Waals surface area (Å²) in [5, 5.41) is 2.15. The van der Waals surface area contributed by atoms with Crippen molar-refractivity contribution in [1.29, 1.82) is 0 Å². The van der Waals surface area contributed by atoms with Gasteiger partial charge in [0.15, 0.2) is 0 Å². The highest BCUT2D eigenvalue weighted by molar-refractivity contribution is 8.00. The van der Waals surface area contributed by atoms with E-state index in [0.29, 0.717) is 0 Å². The minimum atomic E-state index is -0.652. The van der Waals surface area contributed by atoms with Gasteiger partial charge < -0.3 is 4.90 Å². The van der Waals surface area contributed by atoms with Gasteiger partial charge in [-0.25, -0.2) is 8.78 Å². The van der Waals surface area contributed by atoms with Crippen LogP contribution in [0.15, 0.2) is 65.6 Å². The third-order valence-corrected chi connectivity index (χ3v) is 4.77. The summed E-state index contributed by atoms with van der Waals surface area (Å²) < 4.78 is 26.5. The van der Waals surface area contributed by atoms with E-state index in [1.54, 1.807) is 11.9 Å². The lowest BCUT2D eigenvalue weighted by Gasteiger charge is -2.18. The Balaban J connectivity index is 1.71. The first-order valence-electron chi connectivity index (χ1n) is 7.38. The predicted octanol–water partition coefficient (Wildman–Crippen LogP) is 4.87. The van der Waals surface area contributed by atoms with Crippen molar-refractivity contribution in [2.24, 2.45) is 0 Å². The van der Waals surface area contributed by atoms with E-state index < -0.39 is 11.6 Å². The molecule has 0 aliphatic rings. The van der Waals surface area contributed by atoms with Gasteiger partial charge >= 0.3 is 0 Å². The monoisotopic (exact) mass is 343 g/mol. The Morgan fingerprint density at radius 1 is 1.00 bits per heavy atom. The highest BCUT2D eigenvalue weighted by atomic mass is 32.2. The Morgan fingerprint density at radius 2 is 1.75 bits per heavy atom.